The number of hydrogen-bond acceptors (Lipinski definition) is 4. The van der Waals surface area contributed by atoms with Crippen LogP contribution in [-0.2, 0) is 17.9 Å². The fourth-order valence-electron chi connectivity index (χ4n) is 1.75. The van der Waals surface area contributed by atoms with E-state index in [0.29, 0.717) is 23.7 Å². The van der Waals surface area contributed by atoms with E-state index in [4.69, 9.17) is 9.84 Å². The second kappa shape index (κ2) is 7.03. The minimum Gasteiger partial charge on any atom is -0.485 e. The number of aliphatic carboxylic acids is 1. The van der Waals surface area contributed by atoms with Crippen LogP contribution in [0.2, 0.25) is 0 Å². The summed E-state index contributed by atoms with van der Waals surface area (Å²) in [5.74, 6) is 0.293. The first-order chi connectivity index (χ1) is 10.1. The molecule has 0 aliphatic rings. The molecule has 0 bridgehead atoms. The predicted molar refractivity (Wildman–Crippen MR) is 80.8 cm³/mol. The fraction of sp³-hybridized carbons (Fsp3) is 0.214. The van der Waals surface area contributed by atoms with Gasteiger partial charge in [0.25, 0.3) is 0 Å². The van der Waals surface area contributed by atoms with E-state index in [-0.39, 0.29) is 6.61 Å². The van der Waals surface area contributed by atoms with E-state index >= 15 is 0 Å². The third-order valence-corrected chi connectivity index (χ3v) is 3.22. The molecule has 110 valence electrons. The van der Waals surface area contributed by atoms with Crippen molar-refractivity contribution in [3.63, 3.8) is 0 Å². The molecule has 2 aromatic rings. The Morgan fingerprint density at radius 1 is 1.52 bits per heavy atom. The van der Waals surface area contributed by atoms with E-state index in [0.717, 1.165) is 10.5 Å². The number of aryl methyl sites for hydroxylation is 1. The quantitative estimate of drug-likeness (QED) is 0.809. The average Bonchev–Trinajstić information content (AvgIpc) is 2.91. The lowest BCUT2D eigenvalue weighted by Gasteiger charge is -2.10. The van der Waals surface area contributed by atoms with Crippen molar-refractivity contribution >= 4 is 28.0 Å². The number of aromatic nitrogens is 3. The van der Waals surface area contributed by atoms with E-state index in [1.807, 2.05) is 13.0 Å². The number of carboxylic acid groups (broad SMARTS) is 1. The maximum absolute atomic E-state index is 10.6. The van der Waals surface area contributed by atoms with E-state index in [1.54, 1.807) is 16.8 Å². The van der Waals surface area contributed by atoms with Crippen molar-refractivity contribution in [2.75, 3.05) is 0 Å². The second-order valence-electron chi connectivity index (χ2n) is 4.13. The smallest absolute Gasteiger partial charge is 0.328 e. The fourth-order valence-corrected chi connectivity index (χ4v) is 2.13. The van der Waals surface area contributed by atoms with E-state index in [2.05, 4.69) is 26.0 Å². The number of carbonyl (C=O) groups is 1. The highest BCUT2D eigenvalue weighted by Crippen LogP contribution is 2.25. The lowest BCUT2D eigenvalue weighted by atomic mass is 10.2. The number of nitrogens with zero attached hydrogens (tertiary/aromatic N) is 3. The number of halogens is 1. The number of rotatable bonds is 6. The largest absolute Gasteiger partial charge is 0.485 e. The maximum atomic E-state index is 10.6. The van der Waals surface area contributed by atoms with Gasteiger partial charge in [0.05, 0.1) is 0 Å². The summed E-state index contributed by atoms with van der Waals surface area (Å²) < 4.78 is 8.31. The summed E-state index contributed by atoms with van der Waals surface area (Å²) in [7, 11) is 0. The molecule has 6 nitrogen and oxygen atoms in total. The number of benzene rings is 1. The molecule has 0 spiro atoms. The van der Waals surface area contributed by atoms with E-state index < -0.39 is 5.97 Å². The Labute approximate surface area is 130 Å². The summed E-state index contributed by atoms with van der Waals surface area (Å²) >= 11 is 3.35. The van der Waals surface area contributed by atoms with Gasteiger partial charge in [0.2, 0.25) is 0 Å². The first-order valence-corrected chi connectivity index (χ1v) is 7.09. The molecule has 0 saturated carbocycles. The van der Waals surface area contributed by atoms with Gasteiger partial charge in [0.1, 0.15) is 18.7 Å². The summed E-state index contributed by atoms with van der Waals surface area (Å²) in [6.45, 7) is 2.95. The highest BCUT2D eigenvalue weighted by molar-refractivity contribution is 9.10. The van der Waals surface area contributed by atoms with Gasteiger partial charge >= 0.3 is 5.97 Å². The molecule has 1 aromatic carbocycles. The van der Waals surface area contributed by atoms with Crippen LogP contribution in [0.3, 0.4) is 0 Å². The van der Waals surface area contributed by atoms with Crippen molar-refractivity contribution in [1.82, 2.24) is 14.8 Å². The van der Waals surface area contributed by atoms with Crippen molar-refractivity contribution in [2.24, 2.45) is 0 Å². The van der Waals surface area contributed by atoms with Gasteiger partial charge in [-0.25, -0.2) is 14.5 Å². The zero-order valence-electron chi connectivity index (χ0n) is 11.4. The molecule has 1 N–H and O–H groups in total. The van der Waals surface area contributed by atoms with Gasteiger partial charge in [-0.2, -0.15) is 5.10 Å². The van der Waals surface area contributed by atoms with Crippen molar-refractivity contribution in [1.29, 1.82) is 0 Å². The van der Waals surface area contributed by atoms with Gasteiger partial charge in [-0.15, -0.1) is 0 Å². The summed E-state index contributed by atoms with van der Waals surface area (Å²) in [6.07, 6.45) is 4.05. The third-order valence-electron chi connectivity index (χ3n) is 2.73. The number of carboxylic acids is 1. The molecular weight excluding hydrogens is 338 g/mol. The first-order valence-electron chi connectivity index (χ1n) is 6.30. The van der Waals surface area contributed by atoms with Crippen LogP contribution in [-0.4, -0.2) is 25.8 Å². The monoisotopic (exact) mass is 351 g/mol. The molecule has 0 fully saturated rings. The van der Waals surface area contributed by atoms with Crippen LogP contribution in [0.25, 0.3) is 6.08 Å². The highest BCUT2D eigenvalue weighted by atomic mass is 79.9. The average molecular weight is 352 g/mol. The summed E-state index contributed by atoms with van der Waals surface area (Å²) in [5.41, 5.74) is 0.675. The van der Waals surface area contributed by atoms with Gasteiger partial charge in [0.15, 0.2) is 5.82 Å². The van der Waals surface area contributed by atoms with Crippen LogP contribution in [0, 0.1) is 0 Å². The summed E-state index contributed by atoms with van der Waals surface area (Å²) in [4.78, 5) is 14.8. The van der Waals surface area contributed by atoms with Gasteiger partial charge in [-0.1, -0.05) is 15.9 Å². The minimum atomic E-state index is -1.01. The van der Waals surface area contributed by atoms with Crippen LogP contribution >= 0.6 is 15.9 Å². The zero-order valence-corrected chi connectivity index (χ0v) is 12.9. The molecule has 0 unspecified atom stereocenters. The van der Waals surface area contributed by atoms with Crippen molar-refractivity contribution in [3.05, 3.63) is 46.5 Å². The maximum Gasteiger partial charge on any atom is 0.328 e. The van der Waals surface area contributed by atoms with Crippen LogP contribution < -0.4 is 4.74 Å². The lowest BCUT2D eigenvalue weighted by Crippen LogP contribution is -2.07. The molecular formula is C14H14BrN3O3. The van der Waals surface area contributed by atoms with E-state index in [9.17, 15) is 4.79 Å². The Balaban J connectivity index is 2.17. The Hall–Kier alpha value is -2.15. The minimum absolute atomic E-state index is 0.267. The van der Waals surface area contributed by atoms with Gasteiger partial charge < -0.3 is 9.84 Å². The van der Waals surface area contributed by atoms with Crippen LogP contribution in [0.4, 0.5) is 0 Å². The SMILES string of the molecule is CCn1ncnc1COc1ccc(Br)cc1C=CC(=O)O. The van der Waals surface area contributed by atoms with Crippen LogP contribution in [0.1, 0.15) is 18.3 Å². The Bertz CT molecular complexity index is 667. The van der Waals surface area contributed by atoms with Gasteiger partial charge in [0, 0.05) is 22.7 Å². The molecule has 2 rings (SSSR count). The summed E-state index contributed by atoms with van der Waals surface area (Å²) in [5, 5.41) is 12.8. The second-order valence-corrected chi connectivity index (χ2v) is 5.05. The first kappa shape index (κ1) is 15.2. The molecule has 0 aliphatic heterocycles. The van der Waals surface area contributed by atoms with Crippen molar-refractivity contribution in [2.45, 2.75) is 20.1 Å². The number of hydrogen-bond donors (Lipinski definition) is 1. The molecule has 21 heavy (non-hydrogen) atoms. The van der Waals surface area contributed by atoms with Crippen LogP contribution in [0.15, 0.2) is 35.1 Å². The molecule has 0 saturated heterocycles. The molecule has 1 aromatic heterocycles. The third kappa shape index (κ3) is 4.16. The normalized spacial score (nSPS) is 11.0. The van der Waals surface area contributed by atoms with Crippen molar-refractivity contribution in [3.8, 4) is 5.75 Å². The topological polar surface area (TPSA) is 77.2 Å². The molecule has 1 heterocycles. The molecule has 7 heteroatoms. The predicted octanol–water partition coefficient (Wildman–Crippen LogP) is 2.74. The Kier molecular flexibility index (Phi) is 5.10. The van der Waals surface area contributed by atoms with Crippen molar-refractivity contribution < 1.29 is 14.6 Å². The zero-order chi connectivity index (χ0) is 15.2. The standard InChI is InChI=1S/C14H14BrN3O3/c1-2-18-13(16-9-17-18)8-21-12-5-4-11(15)7-10(12)3-6-14(19)20/h3-7,9H,2,8H2,1H3,(H,19,20). The van der Waals surface area contributed by atoms with E-state index in [1.165, 1.54) is 12.4 Å². The van der Waals surface area contributed by atoms with Gasteiger partial charge in [-0.05, 0) is 31.2 Å². The highest BCUT2D eigenvalue weighted by Gasteiger charge is 2.07. The molecule has 0 radical (unpaired) electrons. The number of ether oxygens (including phenoxy) is 1. The molecule has 0 atom stereocenters. The van der Waals surface area contributed by atoms with Gasteiger partial charge in [-0.3, -0.25) is 0 Å². The lowest BCUT2D eigenvalue weighted by molar-refractivity contribution is -0.131. The van der Waals surface area contributed by atoms with Crippen LogP contribution in [0.5, 0.6) is 5.75 Å². The Morgan fingerprint density at radius 3 is 3.05 bits per heavy atom. The molecule has 0 aliphatic carbocycles. The molecule has 0 amide bonds. The summed E-state index contributed by atoms with van der Waals surface area (Å²) in [6, 6.07) is 5.40. The Morgan fingerprint density at radius 2 is 2.33 bits per heavy atom.